The van der Waals surface area contributed by atoms with Gasteiger partial charge in [-0.05, 0) is 43.5 Å². The minimum atomic E-state index is -2.73. The smallest absolute Gasteiger partial charge is 0.216 e. The van der Waals surface area contributed by atoms with Crippen molar-refractivity contribution in [2.45, 2.75) is 83.3 Å². The largest absolute Gasteiger partial charge is 0.446 e. The Kier molecular flexibility index (Phi) is 9.52. The molecule has 0 heterocycles. The first-order valence-electron chi connectivity index (χ1n) is 9.93. The van der Waals surface area contributed by atoms with Crippen LogP contribution in [0.4, 0.5) is 0 Å². The van der Waals surface area contributed by atoms with Gasteiger partial charge >= 0.3 is 0 Å². The van der Waals surface area contributed by atoms with Crippen LogP contribution in [0.25, 0.3) is 0 Å². The van der Waals surface area contributed by atoms with E-state index in [2.05, 4.69) is 86.6 Å². The summed E-state index contributed by atoms with van der Waals surface area (Å²) in [4.78, 5) is 0. The van der Waals surface area contributed by atoms with Crippen LogP contribution in [0.3, 0.4) is 0 Å². The molecule has 0 amide bonds. The Labute approximate surface area is 167 Å². The monoisotopic (exact) mass is 410 g/mol. The minimum Gasteiger partial charge on any atom is -0.446 e. The van der Waals surface area contributed by atoms with E-state index in [0.29, 0.717) is 0 Å². The van der Waals surface area contributed by atoms with E-state index in [-0.39, 0.29) is 0 Å². The van der Waals surface area contributed by atoms with Crippen molar-refractivity contribution >= 4 is 24.7 Å². The lowest BCUT2D eigenvalue weighted by atomic mass is 10.2. The van der Waals surface area contributed by atoms with Crippen LogP contribution in [0, 0.1) is 26.2 Å². The molecule has 26 heavy (non-hydrogen) atoms. The lowest BCUT2D eigenvalue weighted by molar-refractivity contribution is 0.0712. The van der Waals surface area contributed by atoms with Crippen LogP contribution in [-0.4, -0.2) is 35.2 Å². The first kappa shape index (κ1) is 26.1. The summed E-state index contributed by atoms with van der Waals surface area (Å²) in [7, 11) is -7.10. The summed E-state index contributed by atoms with van der Waals surface area (Å²) in [5.74, 6) is 0. The summed E-state index contributed by atoms with van der Waals surface area (Å²) >= 11 is 0. The van der Waals surface area contributed by atoms with Gasteiger partial charge in [-0.25, -0.2) is 0 Å². The van der Waals surface area contributed by atoms with Crippen molar-refractivity contribution in [2.75, 3.05) is 0 Å². The molecule has 5 heteroatoms. The molecule has 0 radical (unpaired) electrons. The molecule has 0 fully saturated rings. The lowest BCUT2D eigenvalue weighted by Crippen LogP contribution is -2.68. The fourth-order valence-corrected chi connectivity index (χ4v) is 12.6. The third kappa shape index (κ3) is 4.90. The van der Waals surface area contributed by atoms with E-state index in [1.165, 1.54) is 0 Å². The van der Waals surface area contributed by atoms with Gasteiger partial charge in [0.15, 0.2) is 0 Å². The van der Waals surface area contributed by atoms with Crippen LogP contribution >= 0.6 is 0 Å². The van der Waals surface area contributed by atoms with E-state index in [1.54, 1.807) is 0 Å². The second-order valence-corrected chi connectivity index (χ2v) is 18.9. The quantitative estimate of drug-likeness (QED) is 0.268. The zero-order valence-corrected chi connectivity index (χ0v) is 21.2. The number of rotatable bonds is 13. The summed E-state index contributed by atoms with van der Waals surface area (Å²) in [6.45, 7) is 38.8. The topological polar surface area (TPSA) is 18.5 Å². The highest BCUT2D eigenvalue weighted by atomic mass is 28.4. The zero-order valence-electron chi connectivity index (χ0n) is 18.2. The molecule has 0 aliphatic heterocycles. The molecular formula is C21H42O2Si3-4. The second-order valence-electron chi connectivity index (χ2n) is 7.84. The third-order valence-electron chi connectivity index (χ3n) is 6.38. The molecule has 0 aliphatic rings. The molecule has 0 saturated heterocycles. The molecular weight excluding hydrogens is 368 g/mol. The molecule has 0 aliphatic carbocycles. The van der Waals surface area contributed by atoms with Gasteiger partial charge < -0.3 is 43.1 Å². The van der Waals surface area contributed by atoms with Crippen molar-refractivity contribution in [1.82, 2.24) is 0 Å². The summed E-state index contributed by atoms with van der Waals surface area (Å²) in [5.41, 5.74) is 4.00. The first-order chi connectivity index (χ1) is 11.8. The highest BCUT2D eigenvalue weighted by Gasteiger charge is 2.47. The predicted molar refractivity (Wildman–Crippen MR) is 124 cm³/mol. The maximum absolute atomic E-state index is 6.92. The molecule has 2 unspecified atom stereocenters. The van der Waals surface area contributed by atoms with Crippen molar-refractivity contribution in [2.24, 2.45) is 0 Å². The van der Waals surface area contributed by atoms with E-state index in [0.717, 1.165) is 31.4 Å². The zero-order chi connectivity index (χ0) is 20.9. The summed E-state index contributed by atoms with van der Waals surface area (Å²) in [6.07, 6.45) is 2.48. The number of hydrogen-bond donors (Lipinski definition) is 0. The summed E-state index contributed by atoms with van der Waals surface area (Å²) in [5, 5.41) is -0.901. The Morgan fingerprint density at radius 2 is 1.27 bits per heavy atom. The van der Waals surface area contributed by atoms with Crippen molar-refractivity contribution in [3.8, 4) is 0 Å². The average Bonchev–Trinajstić information content (AvgIpc) is 2.62. The fourth-order valence-electron chi connectivity index (χ4n) is 3.60. The Bertz CT molecular complexity index is 464. The Hall–Kier alpha value is 0.0506. The molecule has 154 valence electrons. The van der Waals surface area contributed by atoms with Crippen LogP contribution in [-0.2, 0) is 8.85 Å². The van der Waals surface area contributed by atoms with Crippen molar-refractivity contribution in [1.29, 1.82) is 0 Å². The summed E-state index contributed by atoms with van der Waals surface area (Å²) < 4.78 is 13.8. The molecule has 0 N–H and O–H groups in total. The van der Waals surface area contributed by atoms with Crippen LogP contribution in [0.5, 0.6) is 0 Å². The van der Waals surface area contributed by atoms with Gasteiger partial charge in [0, 0.05) is 5.22 Å². The van der Waals surface area contributed by atoms with Crippen LogP contribution in [0.1, 0.15) is 60.8 Å². The van der Waals surface area contributed by atoms with E-state index in [9.17, 15) is 0 Å². The van der Waals surface area contributed by atoms with Gasteiger partial charge in [-0.2, -0.15) is 0 Å². The van der Waals surface area contributed by atoms with E-state index in [4.69, 9.17) is 8.85 Å². The third-order valence-corrected chi connectivity index (χ3v) is 17.2. The Morgan fingerprint density at radius 3 is 1.50 bits per heavy atom. The van der Waals surface area contributed by atoms with E-state index < -0.39 is 35.2 Å². The Morgan fingerprint density at radius 1 is 0.808 bits per heavy atom. The number of hydrogen-bond acceptors (Lipinski definition) is 2. The fraction of sp³-hybridized carbons (Fsp3) is 0.619. The van der Waals surface area contributed by atoms with E-state index >= 15 is 0 Å². The van der Waals surface area contributed by atoms with Gasteiger partial charge in [0.25, 0.3) is 0 Å². The Balaban J connectivity index is 6.20. The summed E-state index contributed by atoms with van der Waals surface area (Å²) in [6, 6.07) is 1.99. The standard InChI is InChI=1S/C21H42O2Si3/c1-13-20(8,22-26(17-5,18-6)19-7)25(12,16-4)23-21(14-2,15-3)24(9,10)11/h16-17H,4-5,9-15,18-19H2,1-3,6-8H3/q-4. The van der Waals surface area contributed by atoms with Gasteiger partial charge in [0.1, 0.15) is 0 Å². The van der Waals surface area contributed by atoms with Crippen LogP contribution < -0.4 is 0 Å². The maximum atomic E-state index is 6.92. The molecule has 0 saturated carbocycles. The van der Waals surface area contributed by atoms with Gasteiger partial charge in [-0.15, -0.1) is 13.2 Å². The highest BCUT2D eigenvalue weighted by molar-refractivity contribution is 6.90. The van der Waals surface area contributed by atoms with Gasteiger partial charge in [0.05, 0.1) is 8.32 Å². The molecule has 0 bridgehead atoms. The minimum absolute atomic E-state index is 0.425. The first-order valence-corrected chi connectivity index (χ1v) is 17.1. The second kappa shape index (κ2) is 9.50. The molecule has 0 aromatic rings. The predicted octanol–water partition coefficient (Wildman–Crippen LogP) is 6.15. The maximum Gasteiger partial charge on any atom is 0.216 e. The lowest BCUT2D eigenvalue weighted by Gasteiger charge is -2.67. The van der Waals surface area contributed by atoms with Crippen LogP contribution in [0.2, 0.25) is 12.1 Å². The van der Waals surface area contributed by atoms with E-state index in [1.807, 2.05) is 5.70 Å². The normalized spacial score (nSPS) is 18.1. The van der Waals surface area contributed by atoms with Gasteiger partial charge in [-0.3, -0.25) is 0 Å². The van der Waals surface area contributed by atoms with Gasteiger partial charge in [0.2, 0.25) is 8.32 Å². The molecule has 0 aromatic carbocycles. The van der Waals surface area contributed by atoms with Crippen molar-refractivity contribution in [3.63, 3.8) is 0 Å². The molecule has 0 rings (SSSR count). The average molecular weight is 411 g/mol. The molecule has 0 aromatic heterocycles. The van der Waals surface area contributed by atoms with Crippen molar-refractivity contribution < 1.29 is 8.85 Å². The van der Waals surface area contributed by atoms with Crippen molar-refractivity contribution in [3.05, 3.63) is 50.7 Å². The molecule has 2 nitrogen and oxygen atoms in total. The van der Waals surface area contributed by atoms with Crippen LogP contribution in [0.15, 0.2) is 24.6 Å². The SMILES string of the molecule is C=C[Si](CC)(CC)OC(C)(CC)[Si]([CH2-])(C=C)OC(CC)(CC)[Si]([CH2-])([CH2-])[CH2-]. The molecule has 2 atom stereocenters. The molecule has 0 spiro atoms. The highest BCUT2D eigenvalue weighted by Crippen LogP contribution is 2.41. The van der Waals surface area contributed by atoms with Gasteiger partial charge in [-0.1, -0.05) is 46.0 Å².